The van der Waals surface area contributed by atoms with Crippen molar-refractivity contribution in [3.8, 4) is 0 Å². The molecule has 2 rings (SSSR count). The van der Waals surface area contributed by atoms with Gasteiger partial charge in [-0.1, -0.05) is 15.9 Å². The van der Waals surface area contributed by atoms with Crippen LogP contribution in [0.15, 0.2) is 10.5 Å². The lowest BCUT2D eigenvalue weighted by atomic mass is 9.89. The second-order valence-corrected chi connectivity index (χ2v) is 5.21. The Bertz CT molecular complexity index is 529. The van der Waals surface area contributed by atoms with Crippen molar-refractivity contribution in [3.05, 3.63) is 31.8 Å². The monoisotopic (exact) mass is 312 g/mol. The average molecular weight is 313 g/mol. The first kappa shape index (κ1) is 13.0. The van der Waals surface area contributed by atoms with Gasteiger partial charge in [-0.3, -0.25) is 14.9 Å². The van der Waals surface area contributed by atoms with Gasteiger partial charge in [-0.15, -0.1) is 0 Å². The molecule has 1 amide bonds. The molecular weight excluding hydrogens is 300 g/mol. The van der Waals surface area contributed by atoms with Crippen LogP contribution in [0.5, 0.6) is 0 Å². The highest BCUT2D eigenvalue weighted by Gasteiger charge is 2.25. The molecule has 0 saturated heterocycles. The predicted molar refractivity (Wildman–Crippen MR) is 71.7 cm³/mol. The Hall–Kier alpha value is -1.43. The molecule has 1 aromatic rings. The fourth-order valence-electron chi connectivity index (χ4n) is 2.34. The van der Waals surface area contributed by atoms with E-state index in [4.69, 9.17) is 0 Å². The maximum absolute atomic E-state index is 11.2. The molecule has 0 fully saturated rings. The van der Waals surface area contributed by atoms with Gasteiger partial charge in [-0.25, -0.2) is 0 Å². The molecule has 1 aliphatic carbocycles. The first-order valence-corrected chi connectivity index (χ1v) is 6.56. The second-order valence-electron chi connectivity index (χ2n) is 4.36. The van der Waals surface area contributed by atoms with E-state index in [1.54, 1.807) is 0 Å². The van der Waals surface area contributed by atoms with Crippen molar-refractivity contribution in [1.29, 1.82) is 0 Å². The quantitative estimate of drug-likeness (QED) is 0.673. The smallest absolute Gasteiger partial charge is 0.294 e. The summed E-state index contributed by atoms with van der Waals surface area (Å²) in [4.78, 5) is 21.8. The van der Waals surface area contributed by atoms with Crippen molar-refractivity contribution < 1.29 is 9.72 Å². The summed E-state index contributed by atoms with van der Waals surface area (Å²) in [7, 11) is 0. The number of hydrogen-bond donors (Lipinski definition) is 1. The van der Waals surface area contributed by atoms with Gasteiger partial charge in [0.1, 0.15) is 5.69 Å². The van der Waals surface area contributed by atoms with Crippen LogP contribution < -0.4 is 5.32 Å². The van der Waals surface area contributed by atoms with E-state index < -0.39 is 4.92 Å². The largest absolute Gasteiger partial charge is 0.320 e. The number of nitrogens with zero attached hydrogens (tertiary/aromatic N) is 1. The summed E-state index contributed by atoms with van der Waals surface area (Å²) in [6.45, 7) is 1.36. The van der Waals surface area contributed by atoms with E-state index in [1.807, 2.05) is 0 Å². The van der Waals surface area contributed by atoms with Crippen molar-refractivity contribution >= 4 is 33.2 Å². The number of rotatable bonds is 2. The van der Waals surface area contributed by atoms with Crippen LogP contribution in [0.4, 0.5) is 11.4 Å². The first-order valence-electron chi connectivity index (χ1n) is 5.77. The zero-order chi connectivity index (χ0) is 13.3. The zero-order valence-corrected chi connectivity index (χ0v) is 11.5. The van der Waals surface area contributed by atoms with Gasteiger partial charge in [-0.05, 0) is 36.8 Å². The maximum atomic E-state index is 11.2. The lowest BCUT2D eigenvalue weighted by Gasteiger charge is -2.20. The maximum Gasteiger partial charge on any atom is 0.294 e. The molecule has 0 aromatic heterocycles. The lowest BCUT2D eigenvalue weighted by molar-refractivity contribution is -0.384. The van der Waals surface area contributed by atoms with Gasteiger partial charge in [-0.2, -0.15) is 0 Å². The van der Waals surface area contributed by atoms with Crippen molar-refractivity contribution in [2.75, 3.05) is 5.32 Å². The highest BCUT2D eigenvalue weighted by atomic mass is 79.9. The Balaban J connectivity index is 2.64. The van der Waals surface area contributed by atoms with Gasteiger partial charge in [0.05, 0.1) is 4.92 Å². The molecule has 96 valence electrons. The molecule has 1 N–H and O–H groups in total. The number of carbonyl (C=O) groups is 1. The molecule has 0 aliphatic heterocycles. The Morgan fingerprint density at radius 2 is 2.00 bits per heavy atom. The molecule has 0 heterocycles. The number of halogens is 1. The highest BCUT2D eigenvalue weighted by Crippen LogP contribution is 2.39. The van der Waals surface area contributed by atoms with Gasteiger partial charge >= 0.3 is 0 Å². The van der Waals surface area contributed by atoms with Crippen LogP contribution in [0.2, 0.25) is 0 Å². The summed E-state index contributed by atoms with van der Waals surface area (Å²) in [6, 6.07) is 1.48. The van der Waals surface area contributed by atoms with Crippen molar-refractivity contribution in [1.82, 2.24) is 0 Å². The SMILES string of the molecule is CC(=O)Nc1c([N+](=O)[O-])cc(Br)c2c1CCCC2. The van der Waals surface area contributed by atoms with E-state index >= 15 is 0 Å². The van der Waals surface area contributed by atoms with Gasteiger partial charge in [0.25, 0.3) is 5.69 Å². The predicted octanol–water partition coefficient (Wildman–Crippen LogP) is 3.19. The summed E-state index contributed by atoms with van der Waals surface area (Å²) in [5, 5.41) is 13.7. The third kappa shape index (κ3) is 2.38. The lowest BCUT2D eigenvalue weighted by Crippen LogP contribution is -2.14. The molecule has 0 radical (unpaired) electrons. The molecule has 0 saturated carbocycles. The molecule has 0 spiro atoms. The number of nitrogens with one attached hydrogen (secondary N) is 1. The zero-order valence-electron chi connectivity index (χ0n) is 9.96. The van der Waals surface area contributed by atoms with Crippen molar-refractivity contribution in [2.24, 2.45) is 0 Å². The van der Waals surface area contributed by atoms with Crippen LogP contribution in [0.1, 0.15) is 30.9 Å². The van der Waals surface area contributed by atoms with Crippen LogP contribution in [0.25, 0.3) is 0 Å². The van der Waals surface area contributed by atoms with Crippen LogP contribution >= 0.6 is 15.9 Å². The molecule has 18 heavy (non-hydrogen) atoms. The van der Waals surface area contributed by atoms with E-state index in [1.165, 1.54) is 13.0 Å². The Morgan fingerprint density at radius 3 is 2.56 bits per heavy atom. The number of anilines is 1. The molecule has 1 aliphatic rings. The van der Waals surface area contributed by atoms with Crippen LogP contribution in [0.3, 0.4) is 0 Å². The second kappa shape index (κ2) is 5.06. The minimum Gasteiger partial charge on any atom is -0.320 e. The number of amides is 1. The van der Waals surface area contributed by atoms with E-state index in [2.05, 4.69) is 21.2 Å². The minimum atomic E-state index is -0.453. The summed E-state index contributed by atoms with van der Waals surface area (Å²) < 4.78 is 0.762. The summed E-state index contributed by atoms with van der Waals surface area (Å²) in [5.74, 6) is -0.284. The van der Waals surface area contributed by atoms with E-state index in [0.717, 1.165) is 41.3 Å². The van der Waals surface area contributed by atoms with Crippen LogP contribution in [-0.4, -0.2) is 10.8 Å². The number of hydrogen-bond acceptors (Lipinski definition) is 3. The van der Waals surface area contributed by atoms with Gasteiger partial charge in [0.2, 0.25) is 5.91 Å². The molecule has 0 bridgehead atoms. The van der Waals surface area contributed by atoms with E-state index in [0.29, 0.717) is 5.69 Å². The first-order chi connectivity index (χ1) is 8.50. The highest BCUT2D eigenvalue weighted by molar-refractivity contribution is 9.10. The van der Waals surface area contributed by atoms with Gasteiger partial charge < -0.3 is 5.32 Å². The van der Waals surface area contributed by atoms with Crippen molar-refractivity contribution in [3.63, 3.8) is 0 Å². The topological polar surface area (TPSA) is 72.2 Å². The normalized spacial score (nSPS) is 13.9. The molecular formula is C12H13BrN2O3. The number of nitro groups is 1. The van der Waals surface area contributed by atoms with Gasteiger partial charge in [0, 0.05) is 17.5 Å². The fourth-order valence-corrected chi connectivity index (χ4v) is 2.99. The molecule has 1 aromatic carbocycles. The van der Waals surface area contributed by atoms with E-state index in [-0.39, 0.29) is 11.6 Å². The average Bonchev–Trinajstić information content (AvgIpc) is 2.32. The number of fused-ring (bicyclic) bond motifs is 1. The Labute approximate surface area is 113 Å². The summed E-state index contributed by atoms with van der Waals surface area (Å²) in [6.07, 6.45) is 3.72. The molecule has 0 unspecified atom stereocenters. The third-order valence-electron chi connectivity index (χ3n) is 3.08. The molecule has 6 heteroatoms. The standard InChI is InChI=1S/C12H13BrN2O3/c1-7(16)14-12-9-5-3-2-4-8(9)10(13)6-11(12)15(17)18/h6H,2-5H2,1H3,(H,14,16). The minimum absolute atomic E-state index is 0.0438. The number of benzene rings is 1. The number of carbonyl (C=O) groups excluding carboxylic acids is 1. The van der Waals surface area contributed by atoms with Crippen LogP contribution in [-0.2, 0) is 17.6 Å². The Morgan fingerprint density at radius 1 is 1.39 bits per heavy atom. The number of nitro benzene ring substituents is 1. The van der Waals surface area contributed by atoms with Crippen LogP contribution in [0, 0.1) is 10.1 Å². The van der Waals surface area contributed by atoms with Crippen molar-refractivity contribution in [2.45, 2.75) is 32.6 Å². The summed E-state index contributed by atoms with van der Waals surface area (Å²) in [5.41, 5.74) is 2.30. The fraction of sp³-hybridized carbons (Fsp3) is 0.417. The Kier molecular flexibility index (Phi) is 3.65. The third-order valence-corrected chi connectivity index (χ3v) is 3.78. The summed E-state index contributed by atoms with van der Waals surface area (Å²) >= 11 is 3.38. The molecule has 0 atom stereocenters. The van der Waals surface area contributed by atoms with Gasteiger partial charge in [0.15, 0.2) is 0 Å². The van der Waals surface area contributed by atoms with E-state index in [9.17, 15) is 14.9 Å². The molecule has 5 nitrogen and oxygen atoms in total.